The minimum atomic E-state index is 0.436. The van der Waals surface area contributed by atoms with Crippen molar-refractivity contribution in [2.45, 2.75) is 39.5 Å². The standard InChI is InChI=1S/C19H22ClN5O/c1-2-3-11-25-19(22-23-24-25)21-13-15-7-6-9-17(12-15)26-14-16-8-4-5-10-18(16)20/h4-10,12H,2-3,11,13-14H2,1H3,(H,21,22,24). The molecule has 0 atom stereocenters. The van der Waals surface area contributed by atoms with Gasteiger partial charge in [0.1, 0.15) is 12.4 Å². The second kappa shape index (κ2) is 9.20. The predicted molar refractivity (Wildman–Crippen MR) is 102 cm³/mol. The Morgan fingerprint density at radius 2 is 2.04 bits per heavy atom. The van der Waals surface area contributed by atoms with E-state index in [1.807, 2.05) is 48.5 Å². The number of benzene rings is 2. The van der Waals surface area contributed by atoms with Crippen molar-refractivity contribution in [3.63, 3.8) is 0 Å². The van der Waals surface area contributed by atoms with E-state index >= 15 is 0 Å². The average molecular weight is 372 g/mol. The van der Waals surface area contributed by atoms with Gasteiger partial charge in [0, 0.05) is 23.7 Å². The molecule has 26 heavy (non-hydrogen) atoms. The van der Waals surface area contributed by atoms with Crippen LogP contribution in [0.1, 0.15) is 30.9 Å². The Kier molecular flexibility index (Phi) is 6.44. The van der Waals surface area contributed by atoms with E-state index in [-0.39, 0.29) is 0 Å². The van der Waals surface area contributed by atoms with E-state index in [1.165, 1.54) is 0 Å². The van der Waals surface area contributed by atoms with Crippen LogP contribution in [0.4, 0.5) is 5.95 Å². The number of hydrogen-bond donors (Lipinski definition) is 1. The Balaban J connectivity index is 1.57. The molecule has 3 aromatic rings. The Bertz CT molecular complexity index is 836. The van der Waals surface area contributed by atoms with Gasteiger partial charge >= 0.3 is 0 Å². The average Bonchev–Trinajstić information content (AvgIpc) is 3.12. The van der Waals surface area contributed by atoms with Gasteiger partial charge in [-0.2, -0.15) is 0 Å². The first kappa shape index (κ1) is 18.2. The molecular formula is C19H22ClN5O. The maximum Gasteiger partial charge on any atom is 0.243 e. The van der Waals surface area contributed by atoms with Gasteiger partial charge in [-0.05, 0) is 40.6 Å². The van der Waals surface area contributed by atoms with Crippen molar-refractivity contribution in [2.75, 3.05) is 5.32 Å². The Labute approximate surface area is 158 Å². The van der Waals surface area contributed by atoms with Crippen LogP contribution in [0.2, 0.25) is 5.02 Å². The van der Waals surface area contributed by atoms with Crippen molar-refractivity contribution in [1.82, 2.24) is 20.2 Å². The molecule has 0 saturated carbocycles. The molecule has 3 rings (SSSR count). The van der Waals surface area contributed by atoms with Gasteiger partial charge in [-0.25, -0.2) is 4.68 Å². The highest BCUT2D eigenvalue weighted by atomic mass is 35.5. The highest BCUT2D eigenvalue weighted by molar-refractivity contribution is 6.31. The van der Waals surface area contributed by atoms with Crippen molar-refractivity contribution in [3.05, 3.63) is 64.7 Å². The number of ether oxygens (including phenoxy) is 1. The van der Waals surface area contributed by atoms with Gasteiger partial charge in [0.2, 0.25) is 5.95 Å². The van der Waals surface area contributed by atoms with Crippen LogP contribution < -0.4 is 10.1 Å². The topological polar surface area (TPSA) is 64.9 Å². The number of aromatic nitrogens is 4. The van der Waals surface area contributed by atoms with E-state index in [9.17, 15) is 0 Å². The molecule has 0 aliphatic heterocycles. The Morgan fingerprint density at radius 1 is 1.15 bits per heavy atom. The van der Waals surface area contributed by atoms with E-state index in [1.54, 1.807) is 4.68 Å². The smallest absolute Gasteiger partial charge is 0.243 e. The number of hydrogen-bond acceptors (Lipinski definition) is 5. The van der Waals surface area contributed by atoms with Crippen molar-refractivity contribution in [3.8, 4) is 5.75 Å². The number of tetrazole rings is 1. The van der Waals surface area contributed by atoms with Crippen molar-refractivity contribution in [2.24, 2.45) is 0 Å². The lowest BCUT2D eigenvalue weighted by atomic mass is 10.2. The number of aryl methyl sites for hydroxylation is 1. The molecule has 136 valence electrons. The van der Waals surface area contributed by atoms with Crippen LogP contribution in [0, 0.1) is 0 Å². The van der Waals surface area contributed by atoms with Gasteiger partial charge in [-0.1, -0.05) is 60.4 Å². The molecule has 0 saturated heterocycles. The second-order valence-electron chi connectivity index (χ2n) is 5.96. The molecule has 0 unspecified atom stereocenters. The van der Waals surface area contributed by atoms with Gasteiger partial charge in [-0.15, -0.1) is 0 Å². The minimum Gasteiger partial charge on any atom is -0.489 e. The monoisotopic (exact) mass is 371 g/mol. The second-order valence-corrected chi connectivity index (χ2v) is 6.37. The van der Waals surface area contributed by atoms with Crippen LogP contribution in [-0.2, 0) is 19.7 Å². The quantitative estimate of drug-likeness (QED) is 0.606. The van der Waals surface area contributed by atoms with E-state index in [2.05, 4.69) is 27.8 Å². The molecule has 0 spiro atoms. The Hall–Kier alpha value is -2.60. The van der Waals surface area contributed by atoms with Gasteiger partial charge in [0.15, 0.2) is 0 Å². The normalized spacial score (nSPS) is 10.7. The number of anilines is 1. The molecule has 1 aromatic heterocycles. The van der Waals surface area contributed by atoms with Crippen LogP contribution in [0.5, 0.6) is 5.75 Å². The van der Waals surface area contributed by atoms with Gasteiger partial charge in [0.25, 0.3) is 0 Å². The third-order valence-electron chi connectivity index (χ3n) is 3.96. The van der Waals surface area contributed by atoms with Crippen molar-refractivity contribution in [1.29, 1.82) is 0 Å². The zero-order valence-electron chi connectivity index (χ0n) is 14.7. The van der Waals surface area contributed by atoms with E-state index < -0.39 is 0 Å². The lowest BCUT2D eigenvalue weighted by Gasteiger charge is -2.10. The lowest BCUT2D eigenvalue weighted by Crippen LogP contribution is -2.09. The van der Waals surface area contributed by atoms with Crippen LogP contribution in [0.3, 0.4) is 0 Å². The first-order chi connectivity index (χ1) is 12.8. The first-order valence-electron chi connectivity index (χ1n) is 8.71. The fourth-order valence-corrected chi connectivity index (χ4v) is 2.68. The maximum absolute atomic E-state index is 6.17. The maximum atomic E-state index is 6.17. The third-order valence-corrected chi connectivity index (χ3v) is 4.33. The largest absolute Gasteiger partial charge is 0.489 e. The number of nitrogens with zero attached hydrogens (tertiary/aromatic N) is 4. The summed E-state index contributed by atoms with van der Waals surface area (Å²) in [6.07, 6.45) is 2.15. The molecule has 7 heteroatoms. The van der Waals surface area contributed by atoms with Gasteiger partial charge in [0.05, 0.1) is 0 Å². The summed E-state index contributed by atoms with van der Waals surface area (Å²) in [6.45, 7) is 4.01. The first-order valence-corrected chi connectivity index (χ1v) is 9.09. The van der Waals surface area contributed by atoms with E-state index in [0.717, 1.165) is 36.3 Å². The minimum absolute atomic E-state index is 0.436. The zero-order valence-corrected chi connectivity index (χ0v) is 15.5. The molecular weight excluding hydrogens is 350 g/mol. The lowest BCUT2D eigenvalue weighted by molar-refractivity contribution is 0.306. The predicted octanol–water partition coefficient (Wildman–Crippen LogP) is 4.32. The highest BCUT2D eigenvalue weighted by Crippen LogP contribution is 2.19. The van der Waals surface area contributed by atoms with Crippen molar-refractivity contribution < 1.29 is 4.74 Å². The number of rotatable bonds is 9. The summed E-state index contributed by atoms with van der Waals surface area (Å²) in [5.74, 6) is 1.48. The van der Waals surface area contributed by atoms with E-state index in [4.69, 9.17) is 16.3 Å². The summed E-state index contributed by atoms with van der Waals surface area (Å²) in [5, 5.41) is 15.8. The number of nitrogens with one attached hydrogen (secondary N) is 1. The summed E-state index contributed by atoms with van der Waals surface area (Å²) in [4.78, 5) is 0. The molecule has 0 radical (unpaired) electrons. The summed E-state index contributed by atoms with van der Waals surface area (Å²) in [6, 6.07) is 15.6. The number of halogens is 1. The molecule has 2 aromatic carbocycles. The molecule has 1 heterocycles. The third kappa shape index (κ3) is 4.95. The molecule has 6 nitrogen and oxygen atoms in total. The fourth-order valence-electron chi connectivity index (χ4n) is 2.49. The molecule has 0 fully saturated rings. The van der Waals surface area contributed by atoms with Crippen LogP contribution in [0.25, 0.3) is 0 Å². The van der Waals surface area contributed by atoms with Crippen LogP contribution >= 0.6 is 11.6 Å². The summed E-state index contributed by atoms with van der Waals surface area (Å²) >= 11 is 6.17. The Morgan fingerprint density at radius 3 is 2.88 bits per heavy atom. The van der Waals surface area contributed by atoms with Gasteiger partial charge in [-0.3, -0.25) is 0 Å². The molecule has 0 aliphatic rings. The van der Waals surface area contributed by atoms with Gasteiger partial charge < -0.3 is 10.1 Å². The summed E-state index contributed by atoms with van der Waals surface area (Å²) in [5.41, 5.74) is 2.06. The van der Waals surface area contributed by atoms with Crippen molar-refractivity contribution >= 4 is 17.5 Å². The molecule has 0 bridgehead atoms. The molecule has 0 amide bonds. The summed E-state index contributed by atoms with van der Waals surface area (Å²) < 4.78 is 7.66. The van der Waals surface area contributed by atoms with Crippen LogP contribution in [-0.4, -0.2) is 20.2 Å². The highest BCUT2D eigenvalue weighted by Gasteiger charge is 2.06. The molecule has 0 aliphatic carbocycles. The summed E-state index contributed by atoms with van der Waals surface area (Å²) in [7, 11) is 0. The zero-order chi connectivity index (χ0) is 18.2. The van der Waals surface area contributed by atoms with E-state index in [0.29, 0.717) is 24.1 Å². The van der Waals surface area contributed by atoms with Crippen LogP contribution in [0.15, 0.2) is 48.5 Å². The number of unbranched alkanes of at least 4 members (excludes halogenated alkanes) is 1. The fraction of sp³-hybridized carbons (Fsp3) is 0.316. The molecule has 1 N–H and O–H groups in total. The SMILES string of the molecule is CCCCn1nnnc1NCc1cccc(OCc2ccccc2Cl)c1.